The number of pyridine rings is 1. The molecule has 3 N–H and O–H groups in total. The summed E-state index contributed by atoms with van der Waals surface area (Å²) in [6.45, 7) is 4.07. The van der Waals surface area contributed by atoms with Crippen LogP contribution in [0.15, 0.2) is 36.8 Å². The molecule has 6 nitrogen and oxygen atoms in total. The fraction of sp³-hybridized carbons (Fsp3) is 0.357. The average Bonchev–Trinajstić information content (AvgIpc) is 2.92. The second-order valence-corrected chi connectivity index (χ2v) is 5.08. The number of carbonyl (C=O) groups is 1. The molecule has 0 saturated carbocycles. The van der Waals surface area contributed by atoms with E-state index in [2.05, 4.69) is 15.4 Å². The Morgan fingerprint density at radius 3 is 2.80 bits per heavy atom. The summed E-state index contributed by atoms with van der Waals surface area (Å²) in [4.78, 5) is 16.1. The summed E-state index contributed by atoms with van der Waals surface area (Å²) in [6, 6.07) is 4.89. The Morgan fingerprint density at radius 2 is 2.25 bits per heavy atom. The average molecular weight is 273 g/mol. The third-order valence-electron chi connectivity index (χ3n) is 2.82. The first-order chi connectivity index (χ1) is 9.56. The van der Waals surface area contributed by atoms with Crippen LogP contribution in [0.25, 0.3) is 5.82 Å². The fourth-order valence-electron chi connectivity index (χ4n) is 1.85. The van der Waals surface area contributed by atoms with Crippen LogP contribution in [-0.2, 0) is 4.79 Å². The zero-order chi connectivity index (χ0) is 14.5. The molecule has 0 spiro atoms. The van der Waals surface area contributed by atoms with Crippen LogP contribution >= 0.6 is 0 Å². The van der Waals surface area contributed by atoms with Gasteiger partial charge in [-0.3, -0.25) is 4.79 Å². The van der Waals surface area contributed by atoms with Gasteiger partial charge in [0, 0.05) is 12.4 Å². The lowest BCUT2D eigenvalue weighted by Crippen LogP contribution is -2.36. The van der Waals surface area contributed by atoms with E-state index >= 15 is 0 Å². The SMILES string of the molecule is CC(C)C[C@H](N)C(=O)Nc1ccc(-n2cccn2)nc1. The zero-order valence-electron chi connectivity index (χ0n) is 11.7. The molecule has 2 aromatic heterocycles. The van der Waals surface area contributed by atoms with E-state index in [4.69, 9.17) is 5.73 Å². The van der Waals surface area contributed by atoms with Crippen LogP contribution in [0.5, 0.6) is 0 Å². The highest BCUT2D eigenvalue weighted by Crippen LogP contribution is 2.10. The molecule has 0 aromatic carbocycles. The summed E-state index contributed by atoms with van der Waals surface area (Å²) in [5.74, 6) is 0.892. The normalized spacial score (nSPS) is 12.4. The van der Waals surface area contributed by atoms with E-state index < -0.39 is 6.04 Å². The Balaban J connectivity index is 1.99. The summed E-state index contributed by atoms with van der Waals surface area (Å²) in [6.07, 6.45) is 5.74. The minimum Gasteiger partial charge on any atom is -0.323 e. The summed E-state index contributed by atoms with van der Waals surface area (Å²) in [7, 11) is 0. The van der Waals surface area contributed by atoms with Crippen LogP contribution in [0.1, 0.15) is 20.3 Å². The third kappa shape index (κ3) is 3.64. The molecule has 106 valence electrons. The van der Waals surface area contributed by atoms with E-state index in [1.165, 1.54) is 0 Å². The highest BCUT2D eigenvalue weighted by atomic mass is 16.2. The van der Waals surface area contributed by atoms with Crippen LogP contribution < -0.4 is 11.1 Å². The number of aromatic nitrogens is 3. The topological polar surface area (TPSA) is 85.8 Å². The van der Waals surface area contributed by atoms with Crippen molar-refractivity contribution in [2.45, 2.75) is 26.3 Å². The molecule has 1 atom stereocenters. The van der Waals surface area contributed by atoms with Crippen molar-refractivity contribution in [2.24, 2.45) is 11.7 Å². The van der Waals surface area contributed by atoms with E-state index in [9.17, 15) is 4.79 Å². The molecule has 20 heavy (non-hydrogen) atoms. The molecular weight excluding hydrogens is 254 g/mol. The molecule has 2 rings (SSSR count). The van der Waals surface area contributed by atoms with Crippen LogP contribution in [0.4, 0.5) is 5.69 Å². The monoisotopic (exact) mass is 273 g/mol. The van der Waals surface area contributed by atoms with Gasteiger partial charge in [-0.2, -0.15) is 5.10 Å². The van der Waals surface area contributed by atoms with E-state index in [1.807, 2.05) is 19.9 Å². The number of amides is 1. The predicted octanol–water partition coefficient (Wildman–Crippen LogP) is 1.58. The predicted molar refractivity (Wildman–Crippen MR) is 77.4 cm³/mol. The largest absolute Gasteiger partial charge is 0.323 e. The maximum Gasteiger partial charge on any atom is 0.241 e. The van der Waals surface area contributed by atoms with Gasteiger partial charge in [-0.1, -0.05) is 13.8 Å². The first-order valence-corrected chi connectivity index (χ1v) is 6.59. The molecule has 2 heterocycles. The maximum atomic E-state index is 11.9. The van der Waals surface area contributed by atoms with Gasteiger partial charge in [-0.25, -0.2) is 9.67 Å². The molecule has 0 saturated heterocycles. The molecule has 0 unspecified atom stereocenters. The first kappa shape index (κ1) is 14.2. The lowest BCUT2D eigenvalue weighted by atomic mass is 10.0. The van der Waals surface area contributed by atoms with Gasteiger partial charge in [0.1, 0.15) is 0 Å². The number of anilines is 1. The molecule has 2 aromatic rings. The van der Waals surface area contributed by atoms with Crippen LogP contribution in [0.2, 0.25) is 0 Å². The third-order valence-corrected chi connectivity index (χ3v) is 2.82. The van der Waals surface area contributed by atoms with E-state index in [0.29, 0.717) is 23.8 Å². The van der Waals surface area contributed by atoms with Crippen molar-refractivity contribution >= 4 is 11.6 Å². The number of nitrogens with two attached hydrogens (primary N) is 1. The Morgan fingerprint density at radius 1 is 1.45 bits per heavy atom. The highest BCUT2D eigenvalue weighted by Gasteiger charge is 2.15. The number of carbonyl (C=O) groups excluding carboxylic acids is 1. The standard InChI is InChI=1S/C14H19N5O/c1-10(2)8-12(15)14(20)18-11-4-5-13(16-9-11)19-7-3-6-17-19/h3-7,9-10,12H,8,15H2,1-2H3,(H,18,20)/t12-/m0/s1. The van der Waals surface area contributed by atoms with Crippen molar-refractivity contribution < 1.29 is 4.79 Å². The molecule has 0 fully saturated rings. The van der Waals surface area contributed by atoms with Crippen LogP contribution in [0, 0.1) is 5.92 Å². The lowest BCUT2D eigenvalue weighted by Gasteiger charge is -2.14. The Labute approximate surface area is 118 Å². The van der Waals surface area contributed by atoms with E-state index in [0.717, 1.165) is 0 Å². The summed E-state index contributed by atoms with van der Waals surface area (Å²) in [5.41, 5.74) is 6.46. The second kappa shape index (κ2) is 6.29. The second-order valence-electron chi connectivity index (χ2n) is 5.08. The zero-order valence-corrected chi connectivity index (χ0v) is 11.7. The molecule has 1 amide bonds. The van der Waals surface area contributed by atoms with Gasteiger partial charge in [-0.15, -0.1) is 0 Å². The number of hydrogen-bond donors (Lipinski definition) is 2. The van der Waals surface area contributed by atoms with Crippen molar-refractivity contribution in [3.05, 3.63) is 36.8 Å². The van der Waals surface area contributed by atoms with Crippen molar-refractivity contribution in [3.8, 4) is 5.82 Å². The van der Waals surface area contributed by atoms with Gasteiger partial charge in [0.25, 0.3) is 0 Å². The van der Waals surface area contributed by atoms with Crippen molar-refractivity contribution in [1.29, 1.82) is 0 Å². The van der Waals surface area contributed by atoms with Gasteiger partial charge in [0.15, 0.2) is 5.82 Å². The number of nitrogens with zero attached hydrogens (tertiary/aromatic N) is 3. The van der Waals surface area contributed by atoms with Crippen molar-refractivity contribution in [1.82, 2.24) is 14.8 Å². The van der Waals surface area contributed by atoms with Gasteiger partial charge >= 0.3 is 0 Å². The molecular formula is C14H19N5O. The van der Waals surface area contributed by atoms with Gasteiger partial charge < -0.3 is 11.1 Å². The summed E-state index contributed by atoms with van der Waals surface area (Å²) in [5, 5.41) is 6.85. The minimum atomic E-state index is -0.499. The summed E-state index contributed by atoms with van der Waals surface area (Å²) >= 11 is 0. The van der Waals surface area contributed by atoms with Crippen molar-refractivity contribution in [3.63, 3.8) is 0 Å². The molecule has 0 aliphatic heterocycles. The van der Waals surface area contributed by atoms with Crippen LogP contribution in [0.3, 0.4) is 0 Å². The molecule has 0 aliphatic rings. The Kier molecular flexibility index (Phi) is 4.47. The van der Waals surface area contributed by atoms with Crippen molar-refractivity contribution in [2.75, 3.05) is 5.32 Å². The minimum absolute atomic E-state index is 0.188. The summed E-state index contributed by atoms with van der Waals surface area (Å²) < 4.78 is 1.65. The molecule has 0 aliphatic carbocycles. The number of hydrogen-bond acceptors (Lipinski definition) is 4. The quantitative estimate of drug-likeness (QED) is 0.866. The molecule has 0 radical (unpaired) electrons. The van der Waals surface area contributed by atoms with E-state index in [1.54, 1.807) is 35.4 Å². The van der Waals surface area contributed by atoms with Gasteiger partial charge in [0.2, 0.25) is 5.91 Å². The lowest BCUT2D eigenvalue weighted by molar-refractivity contribution is -0.117. The van der Waals surface area contributed by atoms with Gasteiger partial charge in [-0.05, 0) is 30.5 Å². The maximum absolute atomic E-state index is 11.9. The van der Waals surface area contributed by atoms with Gasteiger partial charge in [0.05, 0.1) is 17.9 Å². The smallest absolute Gasteiger partial charge is 0.241 e. The Hall–Kier alpha value is -2.21. The number of rotatable bonds is 5. The highest BCUT2D eigenvalue weighted by molar-refractivity contribution is 5.94. The fourth-order valence-corrected chi connectivity index (χ4v) is 1.85. The molecule has 6 heteroatoms. The number of nitrogens with one attached hydrogen (secondary N) is 1. The first-order valence-electron chi connectivity index (χ1n) is 6.59. The Bertz CT molecular complexity index is 547. The van der Waals surface area contributed by atoms with Crippen LogP contribution in [-0.4, -0.2) is 26.7 Å². The molecule has 0 bridgehead atoms. The van der Waals surface area contributed by atoms with E-state index in [-0.39, 0.29) is 5.91 Å².